The van der Waals surface area contributed by atoms with E-state index in [2.05, 4.69) is 5.32 Å². The van der Waals surface area contributed by atoms with Gasteiger partial charge in [-0.2, -0.15) is 0 Å². The topological polar surface area (TPSA) is 122 Å². The third-order valence-electron chi connectivity index (χ3n) is 3.69. The van der Waals surface area contributed by atoms with Gasteiger partial charge < -0.3 is 10.1 Å². The Kier molecular flexibility index (Phi) is 6.19. The first kappa shape index (κ1) is 19.7. The van der Waals surface area contributed by atoms with Crippen molar-refractivity contribution in [3.05, 3.63) is 29.3 Å². The molecule has 1 heterocycles. The number of anilines is 1. The molecular formula is C16H21N3O6S. The van der Waals surface area contributed by atoms with Gasteiger partial charge in [0.1, 0.15) is 0 Å². The molecule has 2 rings (SSSR count). The van der Waals surface area contributed by atoms with Crippen molar-refractivity contribution in [3.8, 4) is 0 Å². The molecule has 1 aliphatic heterocycles. The number of rotatable bonds is 6. The molecule has 0 atom stereocenters. The van der Waals surface area contributed by atoms with E-state index in [4.69, 9.17) is 4.74 Å². The van der Waals surface area contributed by atoms with Crippen molar-refractivity contribution in [2.75, 3.05) is 30.3 Å². The van der Waals surface area contributed by atoms with Gasteiger partial charge in [-0.3, -0.25) is 14.4 Å². The number of hydrogen-bond acceptors (Lipinski definition) is 6. The summed E-state index contributed by atoms with van der Waals surface area (Å²) in [5, 5.41) is 4.51. The maximum Gasteiger partial charge on any atom is 0.338 e. The highest BCUT2D eigenvalue weighted by Crippen LogP contribution is 2.30. The van der Waals surface area contributed by atoms with Crippen LogP contribution in [0.1, 0.15) is 29.3 Å². The van der Waals surface area contributed by atoms with E-state index in [9.17, 15) is 22.8 Å². The van der Waals surface area contributed by atoms with Crippen molar-refractivity contribution >= 4 is 33.6 Å². The molecule has 0 aliphatic carbocycles. The summed E-state index contributed by atoms with van der Waals surface area (Å²) >= 11 is 0. The molecule has 142 valence electrons. The van der Waals surface area contributed by atoms with Crippen LogP contribution in [-0.2, 0) is 26.0 Å². The zero-order valence-corrected chi connectivity index (χ0v) is 15.4. The van der Waals surface area contributed by atoms with Gasteiger partial charge >= 0.3 is 12.0 Å². The summed E-state index contributed by atoms with van der Waals surface area (Å²) in [4.78, 5) is 35.0. The lowest BCUT2D eigenvalue weighted by Crippen LogP contribution is -2.41. The lowest BCUT2D eigenvalue weighted by molar-refractivity contribution is -0.123. The van der Waals surface area contributed by atoms with E-state index in [-0.39, 0.29) is 5.56 Å². The first-order valence-corrected chi connectivity index (χ1v) is 9.92. The maximum absolute atomic E-state index is 12.1. The average Bonchev–Trinajstić information content (AvgIpc) is 3.01. The van der Waals surface area contributed by atoms with E-state index in [1.165, 1.54) is 16.4 Å². The fourth-order valence-electron chi connectivity index (χ4n) is 2.50. The molecule has 26 heavy (non-hydrogen) atoms. The van der Waals surface area contributed by atoms with Gasteiger partial charge in [0.2, 0.25) is 10.0 Å². The number of sulfonamides is 1. The Balaban J connectivity index is 1.93. The minimum Gasteiger partial charge on any atom is -0.452 e. The molecule has 2 N–H and O–H groups in total. The van der Waals surface area contributed by atoms with E-state index in [0.29, 0.717) is 30.8 Å². The maximum atomic E-state index is 12.1. The molecule has 3 amide bonds. The highest BCUT2D eigenvalue weighted by molar-refractivity contribution is 7.92. The van der Waals surface area contributed by atoms with E-state index in [1.807, 2.05) is 12.2 Å². The van der Waals surface area contributed by atoms with Crippen LogP contribution in [0.5, 0.6) is 0 Å². The Hall–Kier alpha value is -2.62. The second kappa shape index (κ2) is 8.17. The van der Waals surface area contributed by atoms with Gasteiger partial charge in [-0.15, -0.1) is 0 Å². The Morgan fingerprint density at radius 3 is 2.65 bits per heavy atom. The van der Waals surface area contributed by atoms with Crippen LogP contribution in [0.15, 0.2) is 18.2 Å². The van der Waals surface area contributed by atoms with E-state index >= 15 is 0 Å². The predicted molar refractivity (Wildman–Crippen MR) is 94.5 cm³/mol. The number of fused-ring (bicyclic) bond motifs is 1. The smallest absolute Gasteiger partial charge is 0.338 e. The quantitative estimate of drug-likeness (QED) is 0.686. The molecule has 0 unspecified atom stereocenters. The summed E-state index contributed by atoms with van der Waals surface area (Å²) in [6, 6.07) is 3.88. The number of urea groups is 1. The van der Waals surface area contributed by atoms with Gasteiger partial charge in [-0.05, 0) is 36.6 Å². The molecule has 0 fully saturated rings. The van der Waals surface area contributed by atoms with Crippen molar-refractivity contribution in [3.63, 3.8) is 0 Å². The van der Waals surface area contributed by atoms with Gasteiger partial charge in [-0.25, -0.2) is 18.0 Å². The summed E-state index contributed by atoms with van der Waals surface area (Å²) in [6.07, 6.45) is 2.34. The normalized spacial score (nSPS) is 13.1. The Bertz CT molecular complexity index is 821. The number of hydrogen-bond donors (Lipinski definition) is 2. The summed E-state index contributed by atoms with van der Waals surface area (Å²) in [7, 11) is -3.36. The van der Waals surface area contributed by atoms with Crippen LogP contribution in [0.3, 0.4) is 0 Å². The second-order valence-electron chi connectivity index (χ2n) is 5.81. The number of carbonyl (C=O) groups is 3. The molecule has 0 spiro atoms. The average molecular weight is 383 g/mol. The molecule has 10 heteroatoms. The molecule has 1 aromatic rings. The highest BCUT2D eigenvalue weighted by Gasteiger charge is 2.27. The molecule has 0 aromatic heterocycles. The number of imide groups is 1. The number of carbonyl (C=O) groups excluding carboxylic acids is 3. The number of benzene rings is 1. The van der Waals surface area contributed by atoms with Crippen molar-refractivity contribution in [1.29, 1.82) is 0 Å². The molecule has 1 aliphatic rings. The first-order valence-electron chi connectivity index (χ1n) is 8.07. The fraction of sp³-hybridized carbons (Fsp3) is 0.438. The van der Waals surface area contributed by atoms with Crippen LogP contribution >= 0.6 is 0 Å². The molecule has 1 aromatic carbocycles. The SMILES string of the molecule is CCCNC(=O)NC(=O)COC(=O)c1ccc2c(c1)CCN2S(C)(=O)=O. The fourth-order valence-corrected chi connectivity index (χ4v) is 3.46. The van der Waals surface area contributed by atoms with Crippen molar-refractivity contribution in [2.45, 2.75) is 19.8 Å². The third kappa shape index (κ3) is 4.94. The summed E-state index contributed by atoms with van der Waals surface area (Å²) in [5.74, 6) is -1.47. The second-order valence-corrected chi connectivity index (χ2v) is 7.72. The van der Waals surface area contributed by atoms with Crippen molar-refractivity contribution < 1.29 is 27.5 Å². The number of ether oxygens (including phenoxy) is 1. The molecule has 0 bridgehead atoms. The number of amides is 3. The Labute approximate surface area is 151 Å². The Morgan fingerprint density at radius 2 is 2.00 bits per heavy atom. The zero-order chi connectivity index (χ0) is 19.3. The van der Waals surface area contributed by atoms with Gasteiger partial charge in [0.15, 0.2) is 6.61 Å². The van der Waals surface area contributed by atoms with Crippen LogP contribution < -0.4 is 14.9 Å². The third-order valence-corrected chi connectivity index (χ3v) is 4.87. The summed E-state index contributed by atoms with van der Waals surface area (Å²) in [5.41, 5.74) is 1.46. The monoisotopic (exact) mass is 383 g/mol. The summed E-state index contributed by atoms with van der Waals surface area (Å²) in [6.45, 7) is 2.03. The number of nitrogens with one attached hydrogen (secondary N) is 2. The Morgan fingerprint density at radius 1 is 1.27 bits per heavy atom. The highest BCUT2D eigenvalue weighted by atomic mass is 32.2. The van der Waals surface area contributed by atoms with E-state index in [1.54, 1.807) is 6.07 Å². The van der Waals surface area contributed by atoms with Crippen LogP contribution in [0.4, 0.5) is 10.5 Å². The van der Waals surface area contributed by atoms with Crippen molar-refractivity contribution in [2.24, 2.45) is 0 Å². The van der Waals surface area contributed by atoms with Crippen LogP contribution in [-0.4, -0.2) is 52.3 Å². The standard InChI is InChI=1S/C16H21N3O6S/c1-3-7-17-16(22)18-14(20)10-25-15(21)12-4-5-13-11(9-12)6-8-19(13)26(2,23)24/h4-5,9H,3,6-8,10H2,1-2H3,(H2,17,18,20,22). The lowest BCUT2D eigenvalue weighted by Gasteiger charge is -2.16. The van der Waals surface area contributed by atoms with Gasteiger partial charge in [0, 0.05) is 13.1 Å². The van der Waals surface area contributed by atoms with E-state index in [0.717, 1.165) is 12.7 Å². The molecule has 0 radical (unpaired) electrons. The lowest BCUT2D eigenvalue weighted by atomic mass is 10.1. The predicted octanol–water partition coefficient (Wildman–Crippen LogP) is 0.401. The van der Waals surface area contributed by atoms with Crippen LogP contribution in [0, 0.1) is 0 Å². The van der Waals surface area contributed by atoms with Gasteiger partial charge in [0.25, 0.3) is 5.91 Å². The number of nitrogens with zero attached hydrogens (tertiary/aromatic N) is 1. The molecule has 0 saturated carbocycles. The molecule has 9 nitrogen and oxygen atoms in total. The van der Waals surface area contributed by atoms with Gasteiger partial charge in [-0.1, -0.05) is 6.92 Å². The number of esters is 1. The molecule has 0 saturated heterocycles. The minimum atomic E-state index is -3.36. The minimum absolute atomic E-state index is 0.210. The van der Waals surface area contributed by atoms with Crippen LogP contribution in [0.2, 0.25) is 0 Å². The largest absolute Gasteiger partial charge is 0.452 e. The summed E-state index contributed by atoms with van der Waals surface area (Å²) < 4.78 is 29.6. The van der Waals surface area contributed by atoms with E-state index < -0.39 is 34.5 Å². The van der Waals surface area contributed by atoms with Crippen LogP contribution in [0.25, 0.3) is 0 Å². The van der Waals surface area contributed by atoms with Gasteiger partial charge in [0.05, 0.1) is 17.5 Å². The first-order chi connectivity index (χ1) is 12.2. The zero-order valence-electron chi connectivity index (χ0n) is 14.6. The molecular weight excluding hydrogens is 362 g/mol. The van der Waals surface area contributed by atoms with Crippen molar-refractivity contribution in [1.82, 2.24) is 10.6 Å².